The second-order valence-corrected chi connectivity index (χ2v) is 8.06. The van der Waals surface area contributed by atoms with Crippen LogP contribution in [0.3, 0.4) is 0 Å². The molecule has 0 aliphatic carbocycles. The molecule has 3 rings (SSSR count). The summed E-state index contributed by atoms with van der Waals surface area (Å²) >= 11 is 1.88. The topological polar surface area (TPSA) is 23.6 Å². The second kappa shape index (κ2) is 7.87. The van der Waals surface area contributed by atoms with E-state index in [0.29, 0.717) is 12.1 Å². The summed E-state index contributed by atoms with van der Waals surface area (Å²) in [5.41, 5.74) is 0.404. The zero-order chi connectivity index (χ0) is 17.0. The van der Waals surface area contributed by atoms with Crippen LogP contribution in [0.2, 0.25) is 0 Å². The van der Waals surface area contributed by atoms with Gasteiger partial charge in [-0.25, -0.2) is 4.39 Å². The zero-order valence-electron chi connectivity index (χ0n) is 14.5. The van der Waals surface area contributed by atoms with Crippen LogP contribution >= 0.6 is 11.8 Å². The van der Waals surface area contributed by atoms with Gasteiger partial charge in [-0.1, -0.05) is 18.2 Å². The Hall–Kier alpha value is -1.07. The van der Waals surface area contributed by atoms with Gasteiger partial charge in [-0.05, 0) is 56.8 Å². The van der Waals surface area contributed by atoms with E-state index in [0.717, 1.165) is 45.4 Å². The molecule has 1 aromatic carbocycles. The van der Waals surface area contributed by atoms with Crippen molar-refractivity contribution >= 4 is 17.7 Å². The predicted octanol–water partition coefficient (Wildman–Crippen LogP) is 3.39. The van der Waals surface area contributed by atoms with Crippen LogP contribution in [0.15, 0.2) is 24.3 Å². The Morgan fingerprint density at radius 1 is 1.25 bits per heavy atom. The van der Waals surface area contributed by atoms with Crippen LogP contribution in [0, 0.1) is 11.2 Å². The number of halogens is 1. The molecule has 0 radical (unpaired) electrons. The Morgan fingerprint density at radius 3 is 2.88 bits per heavy atom. The number of amides is 1. The van der Waals surface area contributed by atoms with Gasteiger partial charge in [-0.2, -0.15) is 11.8 Å². The molecular weight excluding hydrogens is 323 g/mol. The van der Waals surface area contributed by atoms with Gasteiger partial charge in [-0.15, -0.1) is 0 Å². The lowest BCUT2D eigenvalue weighted by Crippen LogP contribution is -2.49. The molecule has 24 heavy (non-hydrogen) atoms. The number of rotatable bonds is 6. The number of hydrogen-bond acceptors (Lipinski definition) is 3. The van der Waals surface area contributed by atoms with Gasteiger partial charge in [0.05, 0.1) is 5.41 Å². The first-order chi connectivity index (χ1) is 11.6. The monoisotopic (exact) mass is 350 g/mol. The Balaban J connectivity index is 1.64. The maximum absolute atomic E-state index is 13.9. The molecule has 0 unspecified atom stereocenters. The van der Waals surface area contributed by atoms with Crippen molar-refractivity contribution in [2.45, 2.75) is 32.2 Å². The molecule has 0 aromatic heterocycles. The van der Waals surface area contributed by atoms with Crippen molar-refractivity contribution in [2.75, 3.05) is 38.2 Å². The van der Waals surface area contributed by atoms with Crippen LogP contribution in [0.5, 0.6) is 0 Å². The van der Waals surface area contributed by atoms with Gasteiger partial charge in [0.2, 0.25) is 5.91 Å². The Morgan fingerprint density at radius 2 is 2.08 bits per heavy atom. The Labute approximate surface area is 148 Å². The molecule has 0 bridgehead atoms. The summed E-state index contributed by atoms with van der Waals surface area (Å²) < 4.78 is 13.9. The number of carbonyl (C=O) groups excluding carboxylic acids is 1. The van der Waals surface area contributed by atoms with Gasteiger partial charge in [0.25, 0.3) is 0 Å². The van der Waals surface area contributed by atoms with E-state index in [-0.39, 0.29) is 17.1 Å². The van der Waals surface area contributed by atoms with Gasteiger partial charge in [-0.3, -0.25) is 4.79 Å². The van der Waals surface area contributed by atoms with E-state index < -0.39 is 0 Å². The quantitative estimate of drug-likeness (QED) is 0.735. The van der Waals surface area contributed by atoms with Crippen molar-refractivity contribution < 1.29 is 9.18 Å². The summed E-state index contributed by atoms with van der Waals surface area (Å²) in [5.74, 6) is 1.20. The molecule has 1 atom stereocenters. The SMILES string of the molecule is CSCCCN1CC[C@@]2(CCCN(Cc3ccccc3F)C2=O)C1. The van der Waals surface area contributed by atoms with Gasteiger partial charge in [0.1, 0.15) is 5.82 Å². The highest BCUT2D eigenvalue weighted by molar-refractivity contribution is 7.98. The fourth-order valence-corrected chi connectivity index (χ4v) is 4.51. The lowest BCUT2D eigenvalue weighted by molar-refractivity contribution is -0.146. The first kappa shape index (κ1) is 17.7. The van der Waals surface area contributed by atoms with E-state index in [2.05, 4.69) is 11.2 Å². The minimum Gasteiger partial charge on any atom is -0.338 e. The van der Waals surface area contributed by atoms with Crippen molar-refractivity contribution in [1.82, 2.24) is 9.80 Å². The molecule has 1 amide bonds. The van der Waals surface area contributed by atoms with Crippen LogP contribution in [0.4, 0.5) is 4.39 Å². The third kappa shape index (κ3) is 3.77. The average molecular weight is 351 g/mol. The number of nitrogens with zero attached hydrogens (tertiary/aromatic N) is 2. The molecule has 132 valence electrons. The van der Waals surface area contributed by atoms with Crippen LogP contribution < -0.4 is 0 Å². The fraction of sp³-hybridized carbons (Fsp3) is 0.632. The van der Waals surface area contributed by atoms with Gasteiger partial charge in [0.15, 0.2) is 0 Å². The highest BCUT2D eigenvalue weighted by Crippen LogP contribution is 2.40. The molecule has 0 N–H and O–H groups in total. The van der Waals surface area contributed by atoms with Crippen molar-refractivity contribution in [3.63, 3.8) is 0 Å². The van der Waals surface area contributed by atoms with Crippen molar-refractivity contribution in [2.24, 2.45) is 5.41 Å². The number of piperidine rings is 1. The van der Waals surface area contributed by atoms with E-state index in [1.54, 1.807) is 12.1 Å². The molecule has 2 aliphatic rings. The van der Waals surface area contributed by atoms with Crippen LogP contribution in [0.25, 0.3) is 0 Å². The smallest absolute Gasteiger partial charge is 0.230 e. The normalized spacial score (nSPS) is 24.9. The first-order valence-electron chi connectivity index (χ1n) is 8.89. The lowest BCUT2D eigenvalue weighted by atomic mass is 9.78. The maximum atomic E-state index is 13.9. The maximum Gasteiger partial charge on any atom is 0.230 e. The number of benzene rings is 1. The highest BCUT2D eigenvalue weighted by atomic mass is 32.2. The number of thioether (sulfide) groups is 1. The van der Waals surface area contributed by atoms with Crippen LogP contribution in [0.1, 0.15) is 31.2 Å². The lowest BCUT2D eigenvalue weighted by Gasteiger charge is -2.39. The molecule has 2 aliphatic heterocycles. The van der Waals surface area contributed by atoms with E-state index in [1.807, 2.05) is 22.7 Å². The standard InChI is InChI=1S/C19H27FN2OS/c1-24-13-5-10-21-12-9-19(15-21)8-4-11-22(18(19)23)14-16-6-2-3-7-17(16)20/h2-3,6-7H,4-5,8-15H2,1H3/t19-/m0/s1. The predicted molar refractivity (Wildman–Crippen MR) is 97.5 cm³/mol. The number of likely N-dealkylation sites (tertiary alicyclic amines) is 2. The average Bonchev–Trinajstić information content (AvgIpc) is 2.98. The third-order valence-corrected chi connectivity index (χ3v) is 6.10. The van der Waals surface area contributed by atoms with Crippen LogP contribution in [-0.4, -0.2) is 53.9 Å². The number of carbonyl (C=O) groups is 1. The van der Waals surface area contributed by atoms with E-state index in [4.69, 9.17) is 0 Å². The summed E-state index contributed by atoms with van der Waals surface area (Å²) in [6.07, 6.45) is 6.29. The van der Waals surface area contributed by atoms with Gasteiger partial charge in [0, 0.05) is 25.2 Å². The van der Waals surface area contributed by atoms with E-state index in [1.165, 1.54) is 18.2 Å². The highest BCUT2D eigenvalue weighted by Gasteiger charge is 2.48. The Bertz CT molecular complexity index is 582. The number of hydrogen-bond donors (Lipinski definition) is 0. The summed E-state index contributed by atoms with van der Waals surface area (Å²) in [7, 11) is 0. The minimum absolute atomic E-state index is 0.213. The molecule has 2 heterocycles. The van der Waals surface area contributed by atoms with Crippen molar-refractivity contribution in [3.8, 4) is 0 Å². The Kier molecular flexibility index (Phi) is 5.82. The minimum atomic E-state index is -0.219. The molecule has 0 saturated carbocycles. The van der Waals surface area contributed by atoms with Crippen LogP contribution in [-0.2, 0) is 11.3 Å². The molecule has 1 spiro atoms. The molecule has 3 nitrogen and oxygen atoms in total. The van der Waals surface area contributed by atoms with Crippen molar-refractivity contribution in [1.29, 1.82) is 0 Å². The molecule has 1 aromatic rings. The molecular formula is C19H27FN2OS. The molecule has 2 fully saturated rings. The molecule has 2 saturated heterocycles. The summed E-state index contributed by atoms with van der Waals surface area (Å²) in [4.78, 5) is 17.4. The molecule has 5 heteroatoms. The first-order valence-corrected chi connectivity index (χ1v) is 10.3. The van der Waals surface area contributed by atoms with Gasteiger partial charge >= 0.3 is 0 Å². The van der Waals surface area contributed by atoms with E-state index in [9.17, 15) is 9.18 Å². The second-order valence-electron chi connectivity index (χ2n) is 7.07. The third-order valence-electron chi connectivity index (χ3n) is 5.40. The summed E-state index contributed by atoms with van der Waals surface area (Å²) in [6.45, 7) is 4.14. The van der Waals surface area contributed by atoms with Gasteiger partial charge < -0.3 is 9.80 Å². The summed E-state index contributed by atoms with van der Waals surface area (Å²) in [6, 6.07) is 6.79. The fourth-order valence-electron chi connectivity index (χ4n) is 4.10. The van der Waals surface area contributed by atoms with E-state index >= 15 is 0 Å². The van der Waals surface area contributed by atoms with Crippen molar-refractivity contribution in [3.05, 3.63) is 35.6 Å². The summed E-state index contributed by atoms with van der Waals surface area (Å²) in [5, 5.41) is 0. The largest absolute Gasteiger partial charge is 0.338 e. The zero-order valence-corrected chi connectivity index (χ0v) is 15.3.